The Balaban J connectivity index is 3.01. The first-order valence-corrected chi connectivity index (χ1v) is 8.73. The van der Waals surface area contributed by atoms with Crippen LogP contribution in [-0.4, -0.2) is 28.5 Å². The van der Waals surface area contributed by atoms with Gasteiger partial charge in [-0.3, -0.25) is 0 Å². The zero-order valence-electron chi connectivity index (χ0n) is 10.9. The van der Waals surface area contributed by atoms with Crippen LogP contribution >= 0.6 is 0 Å². The number of carbonyl (C=O) groups excluding carboxylic acids is 1. The standard InChI is InChI=1S/C12H18O4Si/c1-14-9-6-7-10(11(8-9)15-2)12(13)16-17(3,4)5/h6-8H,1-5H3. The third kappa shape index (κ3) is 3.78. The molecule has 0 aliphatic carbocycles. The highest BCUT2D eigenvalue weighted by Crippen LogP contribution is 2.25. The van der Waals surface area contributed by atoms with Gasteiger partial charge >= 0.3 is 5.97 Å². The zero-order valence-corrected chi connectivity index (χ0v) is 11.9. The molecule has 0 heterocycles. The molecule has 4 nitrogen and oxygen atoms in total. The average Bonchev–Trinajstić information content (AvgIpc) is 2.25. The van der Waals surface area contributed by atoms with Crippen molar-refractivity contribution in [2.45, 2.75) is 19.6 Å². The van der Waals surface area contributed by atoms with Gasteiger partial charge in [0, 0.05) is 6.07 Å². The van der Waals surface area contributed by atoms with Gasteiger partial charge in [0.15, 0.2) is 0 Å². The fourth-order valence-electron chi connectivity index (χ4n) is 1.30. The summed E-state index contributed by atoms with van der Waals surface area (Å²) in [6, 6.07) is 5.03. The molecule has 0 spiro atoms. The number of carbonyl (C=O) groups is 1. The molecule has 0 radical (unpaired) electrons. The Labute approximate surface area is 103 Å². The van der Waals surface area contributed by atoms with Gasteiger partial charge in [-0.25, -0.2) is 4.79 Å². The summed E-state index contributed by atoms with van der Waals surface area (Å²) in [6.07, 6.45) is 0. The molecule has 5 heteroatoms. The van der Waals surface area contributed by atoms with Crippen LogP contribution in [0.1, 0.15) is 10.4 Å². The Kier molecular flexibility index (Phi) is 4.17. The molecular weight excluding hydrogens is 236 g/mol. The van der Waals surface area contributed by atoms with Gasteiger partial charge in [0.05, 0.1) is 14.2 Å². The van der Waals surface area contributed by atoms with Gasteiger partial charge in [-0.2, -0.15) is 0 Å². The minimum Gasteiger partial charge on any atom is -0.516 e. The minimum absolute atomic E-state index is 0.344. The van der Waals surface area contributed by atoms with Crippen LogP contribution in [0.2, 0.25) is 19.6 Å². The number of benzene rings is 1. The molecule has 0 aromatic heterocycles. The van der Waals surface area contributed by atoms with Gasteiger partial charge in [0.2, 0.25) is 8.32 Å². The zero-order chi connectivity index (χ0) is 13.1. The predicted octanol–water partition coefficient (Wildman–Crippen LogP) is 2.70. The van der Waals surface area contributed by atoms with E-state index in [1.54, 1.807) is 25.3 Å². The third-order valence-electron chi connectivity index (χ3n) is 2.03. The second kappa shape index (κ2) is 5.22. The quantitative estimate of drug-likeness (QED) is 0.775. The van der Waals surface area contributed by atoms with Crippen LogP contribution in [0.4, 0.5) is 0 Å². The Morgan fingerprint density at radius 1 is 1.12 bits per heavy atom. The van der Waals surface area contributed by atoms with E-state index >= 15 is 0 Å². The molecule has 94 valence electrons. The lowest BCUT2D eigenvalue weighted by Gasteiger charge is -2.18. The Morgan fingerprint density at radius 3 is 2.24 bits per heavy atom. The Hall–Kier alpha value is -1.49. The maximum Gasteiger partial charge on any atom is 0.328 e. The van der Waals surface area contributed by atoms with Crippen molar-refractivity contribution >= 4 is 14.3 Å². The van der Waals surface area contributed by atoms with Crippen LogP contribution in [0.25, 0.3) is 0 Å². The van der Waals surface area contributed by atoms with Gasteiger partial charge < -0.3 is 13.9 Å². The largest absolute Gasteiger partial charge is 0.516 e. The molecule has 0 bridgehead atoms. The first kappa shape index (κ1) is 13.6. The van der Waals surface area contributed by atoms with Gasteiger partial charge in [-0.05, 0) is 31.8 Å². The van der Waals surface area contributed by atoms with Gasteiger partial charge in [0.25, 0.3) is 0 Å². The number of hydrogen-bond acceptors (Lipinski definition) is 4. The van der Waals surface area contributed by atoms with Crippen LogP contribution < -0.4 is 9.47 Å². The van der Waals surface area contributed by atoms with Crippen molar-refractivity contribution in [1.29, 1.82) is 0 Å². The molecule has 0 aliphatic rings. The molecule has 0 saturated heterocycles. The molecule has 0 saturated carbocycles. The fraction of sp³-hybridized carbons (Fsp3) is 0.417. The minimum atomic E-state index is -1.90. The second-order valence-electron chi connectivity index (χ2n) is 4.57. The molecule has 0 fully saturated rings. The molecule has 1 aromatic rings. The first-order valence-electron chi connectivity index (χ1n) is 5.33. The lowest BCUT2D eigenvalue weighted by molar-refractivity contribution is 0.0721. The van der Waals surface area contributed by atoms with Crippen molar-refractivity contribution in [3.05, 3.63) is 23.8 Å². The van der Waals surface area contributed by atoms with Crippen molar-refractivity contribution < 1.29 is 18.7 Å². The summed E-state index contributed by atoms with van der Waals surface area (Å²) in [6.45, 7) is 5.88. The molecule has 0 aliphatic heterocycles. The maximum atomic E-state index is 11.9. The summed E-state index contributed by atoms with van der Waals surface area (Å²) >= 11 is 0. The summed E-state index contributed by atoms with van der Waals surface area (Å²) in [5, 5.41) is 0. The van der Waals surface area contributed by atoms with E-state index in [1.807, 2.05) is 19.6 Å². The van der Waals surface area contributed by atoms with Crippen molar-refractivity contribution in [3.8, 4) is 11.5 Å². The summed E-state index contributed by atoms with van der Waals surface area (Å²) in [5.74, 6) is 0.766. The lowest BCUT2D eigenvalue weighted by Crippen LogP contribution is -2.29. The van der Waals surface area contributed by atoms with Crippen LogP contribution in [0.15, 0.2) is 18.2 Å². The number of rotatable bonds is 4. The predicted molar refractivity (Wildman–Crippen MR) is 68.3 cm³/mol. The first-order chi connectivity index (χ1) is 7.87. The van der Waals surface area contributed by atoms with Gasteiger partial charge in [-0.15, -0.1) is 0 Å². The fourth-order valence-corrected chi connectivity index (χ4v) is 1.97. The van der Waals surface area contributed by atoms with Crippen molar-refractivity contribution in [1.82, 2.24) is 0 Å². The maximum absolute atomic E-state index is 11.9. The third-order valence-corrected chi connectivity index (χ3v) is 2.83. The summed E-state index contributed by atoms with van der Waals surface area (Å²) in [4.78, 5) is 11.9. The molecule has 0 amide bonds. The van der Waals surface area contributed by atoms with Crippen molar-refractivity contribution in [2.24, 2.45) is 0 Å². The lowest BCUT2D eigenvalue weighted by atomic mass is 10.2. The van der Waals surface area contributed by atoms with Crippen LogP contribution in [-0.2, 0) is 4.43 Å². The normalized spacial score (nSPS) is 10.9. The molecule has 1 aromatic carbocycles. The van der Waals surface area contributed by atoms with Crippen LogP contribution in [0.3, 0.4) is 0 Å². The average molecular weight is 254 g/mol. The van der Waals surface area contributed by atoms with E-state index < -0.39 is 8.32 Å². The molecule has 17 heavy (non-hydrogen) atoms. The summed E-state index contributed by atoms with van der Waals surface area (Å²) in [5.41, 5.74) is 0.427. The highest BCUT2D eigenvalue weighted by atomic mass is 28.4. The smallest absolute Gasteiger partial charge is 0.328 e. The van der Waals surface area contributed by atoms with E-state index in [9.17, 15) is 4.79 Å². The number of methoxy groups -OCH3 is 2. The van der Waals surface area contributed by atoms with Gasteiger partial charge in [0.1, 0.15) is 17.1 Å². The SMILES string of the molecule is COc1ccc(C(=O)O[Si](C)(C)C)c(OC)c1. The van der Waals surface area contributed by atoms with Gasteiger partial charge in [-0.1, -0.05) is 0 Å². The van der Waals surface area contributed by atoms with E-state index in [2.05, 4.69) is 0 Å². The highest BCUT2D eigenvalue weighted by Gasteiger charge is 2.23. The monoisotopic (exact) mass is 254 g/mol. The topological polar surface area (TPSA) is 44.8 Å². The van der Waals surface area contributed by atoms with E-state index in [-0.39, 0.29) is 5.97 Å². The molecule has 1 rings (SSSR count). The summed E-state index contributed by atoms with van der Waals surface area (Å²) in [7, 11) is 1.18. The Morgan fingerprint density at radius 2 is 1.76 bits per heavy atom. The van der Waals surface area contributed by atoms with Crippen LogP contribution in [0, 0.1) is 0 Å². The van der Waals surface area contributed by atoms with E-state index in [0.29, 0.717) is 17.1 Å². The van der Waals surface area contributed by atoms with E-state index in [1.165, 1.54) is 7.11 Å². The Bertz CT molecular complexity index is 409. The highest BCUT2D eigenvalue weighted by molar-refractivity contribution is 6.71. The van der Waals surface area contributed by atoms with E-state index in [0.717, 1.165) is 0 Å². The van der Waals surface area contributed by atoms with Crippen LogP contribution in [0.5, 0.6) is 11.5 Å². The number of hydrogen-bond donors (Lipinski definition) is 0. The molecule has 0 N–H and O–H groups in total. The van der Waals surface area contributed by atoms with Crippen molar-refractivity contribution in [2.75, 3.05) is 14.2 Å². The molecular formula is C12H18O4Si. The van der Waals surface area contributed by atoms with E-state index in [4.69, 9.17) is 13.9 Å². The summed E-state index contributed by atoms with van der Waals surface area (Å²) < 4.78 is 15.6. The van der Waals surface area contributed by atoms with Crippen molar-refractivity contribution in [3.63, 3.8) is 0 Å². The molecule has 0 unspecified atom stereocenters. The number of ether oxygens (including phenoxy) is 2. The molecule has 0 atom stereocenters. The second-order valence-corrected chi connectivity index (χ2v) is 9.00.